The summed E-state index contributed by atoms with van der Waals surface area (Å²) in [6.45, 7) is 9.81. The van der Waals surface area contributed by atoms with Crippen LogP contribution >= 0.6 is 22.9 Å². The number of hydrogen-bond donors (Lipinski definition) is 1. The van der Waals surface area contributed by atoms with Gasteiger partial charge >= 0.3 is 5.97 Å². The van der Waals surface area contributed by atoms with Gasteiger partial charge in [0.25, 0.3) is 0 Å². The molecule has 0 amide bonds. The van der Waals surface area contributed by atoms with E-state index in [0.717, 1.165) is 31.7 Å². The normalized spacial score (nSPS) is 12.2. The van der Waals surface area contributed by atoms with E-state index in [-0.39, 0.29) is 12.2 Å². The summed E-state index contributed by atoms with van der Waals surface area (Å²) in [5.74, 6) is -0.348. The Kier molecular flexibility index (Phi) is 7.70. The number of ketones is 1. The molecule has 0 saturated heterocycles. The number of thiazole rings is 1. The first-order valence-electron chi connectivity index (χ1n) is 13.5. The molecule has 0 unspecified atom stereocenters. The Morgan fingerprint density at radius 3 is 2.37 bits per heavy atom. The predicted molar refractivity (Wildman–Crippen MR) is 165 cm³/mol. The lowest BCUT2D eigenvalue weighted by molar-refractivity contribution is -0.146. The predicted octanol–water partition coefficient (Wildman–Crippen LogP) is 8.41. The average molecular weight is 589 g/mol. The molecule has 0 atom stereocenters. The molecule has 1 N–H and O–H groups in total. The van der Waals surface area contributed by atoms with E-state index >= 15 is 0 Å². The number of carboxylic acids is 1. The number of aromatic nitrogens is 2. The van der Waals surface area contributed by atoms with Gasteiger partial charge in [0.2, 0.25) is 0 Å². The molecule has 212 valence electrons. The van der Waals surface area contributed by atoms with E-state index in [1.165, 1.54) is 0 Å². The lowest BCUT2D eigenvalue weighted by Crippen LogP contribution is -2.29. The molecule has 0 radical (unpaired) electrons. The van der Waals surface area contributed by atoms with Gasteiger partial charge in [-0.3, -0.25) is 9.59 Å². The number of carbonyl (C=O) groups is 2. The SMILES string of the molecule is CC(C)(C)C(=O)c1c(CC(C)(C)C(=O)O)n(Cc2ccc(Cl)cc2)c2ccc(OCc3nc4ccccc4s3)cc12. The quantitative estimate of drug-likeness (QED) is 0.175. The Hall–Kier alpha value is -3.68. The highest BCUT2D eigenvalue weighted by Gasteiger charge is 2.35. The number of fused-ring (bicyclic) bond motifs is 2. The zero-order valence-corrected chi connectivity index (χ0v) is 25.4. The Morgan fingerprint density at radius 1 is 1.00 bits per heavy atom. The van der Waals surface area contributed by atoms with Crippen molar-refractivity contribution in [2.24, 2.45) is 10.8 Å². The Balaban J connectivity index is 1.63. The van der Waals surface area contributed by atoms with Gasteiger partial charge in [-0.25, -0.2) is 4.98 Å². The standard InChI is InChI=1S/C33H33ClN2O4S/c1-32(2,3)30(37)29-23-16-22(40-19-28-35-24-8-6-7-9-27(24)41-28)14-15-25(23)36(18-20-10-12-21(34)13-11-20)26(29)17-33(4,5)31(38)39/h6-16H,17-19H2,1-5H3,(H,38,39). The van der Waals surface area contributed by atoms with Crippen molar-refractivity contribution in [2.75, 3.05) is 0 Å². The molecular weight excluding hydrogens is 556 g/mol. The molecule has 0 bridgehead atoms. The second-order valence-corrected chi connectivity index (χ2v) is 13.6. The fourth-order valence-corrected chi connectivity index (χ4v) is 5.87. The number of rotatable bonds is 9. The molecule has 2 heterocycles. The number of benzene rings is 3. The maximum atomic E-state index is 14.0. The number of halogens is 1. The number of carbonyl (C=O) groups excluding carboxylic acids is 1. The lowest BCUT2D eigenvalue weighted by atomic mass is 9.81. The number of hydrogen-bond acceptors (Lipinski definition) is 5. The minimum Gasteiger partial charge on any atom is -0.486 e. The third-order valence-corrected chi connectivity index (χ3v) is 8.46. The second kappa shape index (κ2) is 11.0. The van der Waals surface area contributed by atoms with E-state index in [1.807, 2.05) is 87.5 Å². The van der Waals surface area contributed by atoms with Crippen LogP contribution in [0.4, 0.5) is 0 Å². The van der Waals surface area contributed by atoms with Crippen LogP contribution in [0, 0.1) is 10.8 Å². The summed E-state index contributed by atoms with van der Waals surface area (Å²) in [5, 5.41) is 12.3. The molecule has 0 aliphatic heterocycles. The molecule has 6 nitrogen and oxygen atoms in total. The number of ether oxygens (including phenoxy) is 1. The summed E-state index contributed by atoms with van der Waals surface area (Å²) in [5.41, 5.74) is 2.24. The maximum absolute atomic E-state index is 14.0. The molecular formula is C33H33ClN2O4S. The summed E-state index contributed by atoms with van der Waals surface area (Å²) in [4.78, 5) is 30.9. The first-order chi connectivity index (χ1) is 19.3. The third kappa shape index (κ3) is 6.02. The van der Waals surface area contributed by atoms with Gasteiger partial charge in [-0.15, -0.1) is 11.3 Å². The number of para-hydroxylation sites is 1. The highest BCUT2D eigenvalue weighted by molar-refractivity contribution is 7.18. The van der Waals surface area contributed by atoms with Crippen LogP contribution in [0.3, 0.4) is 0 Å². The zero-order valence-electron chi connectivity index (χ0n) is 23.8. The summed E-state index contributed by atoms with van der Waals surface area (Å²) in [7, 11) is 0. The van der Waals surface area contributed by atoms with Crippen LogP contribution in [0.2, 0.25) is 5.02 Å². The molecule has 0 spiro atoms. The van der Waals surface area contributed by atoms with Crippen molar-refractivity contribution < 1.29 is 19.4 Å². The number of carboxylic acid groups (broad SMARTS) is 1. The van der Waals surface area contributed by atoms with E-state index in [9.17, 15) is 14.7 Å². The van der Waals surface area contributed by atoms with Crippen molar-refractivity contribution in [3.8, 4) is 5.75 Å². The molecule has 0 aliphatic rings. The molecule has 5 rings (SSSR count). The zero-order chi connectivity index (χ0) is 29.5. The fourth-order valence-electron chi connectivity index (χ4n) is 4.86. The van der Waals surface area contributed by atoms with Crippen molar-refractivity contribution in [3.63, 3.8) is 0 Å². The topological polar surface area (TPSA) is 81.4 Å². The Labute approximate surface area is 248 Å². The average Bonchev–Trinajstić information content (AvgIpc) is 3.46. The number of aliphatic carboxylic acids is 1. The summed E-state index contributed by atoms with van der Waals surface area (Å²) in [6, 6.07) is 21.3. The van der Waals surface area contributed by atoms with E-state index in [0.29, 0.717) is 35.2 Å². The molecule has 0 aliphatic carbocycles. The van der Waals surface area contributed by atoms with E-state index in [2.05, 4.69) is 9.55 Å². The van der Waals surface area contributed by atoms with Crippen LogP contribution in [-0.4, -0.2) is 26.4 Å². The number of Topliss-reactive ketones (excluding diaryl/α,β-unsaturated/α-hetero) is 1. The first kappa shape index (κ1) is 28.8. The second-order valence-electron chi connectivity index (χ2n) is 12.0. The Morgan fingerprint density at radius 2 is 1.71 bits per heavy atom. The molecule has 5 aromatic rings. The molecule has 0 fully saturated rings. The van der Waals surface area contributed by atoms with Crippen molar-refractivity contribution in [3.05, 3.63) is 93.6 Å². The smallest absolute Gasteiger partial charge is 0.309 e. The van der Waals surface area contributed by atoms with E-state index in [4.69, 9.17) is 16.3 Å². The fraction of sp³-hybridized carbons (Fsp3) is 0.303. The molecule has 3 aromatic carbocycles. The third-order valence-electron chi connectivity index (χ3n) is 7.19. The highest BCUT2D eigenvalue weighted by atomic mass is 35.5. The van der Waals surface area contributed by atoms with Gasteiger partial charge in [-0.1, -0.05) is 56.6 Å². The van der Waals surface area contributed by atoms with Gasteiger partial charge in [0.15, 0.2) is 5.78 Å². The van der Waals surface area contributed by atoms with Crippen LogP contribution in [-0.2, 0) is 24.4 Å². The number of nitrogens with zero attached hydrogens (tertiary/aromatic N) is 2. The van der Waals surface area contributed by atoms with Crippen molar-refractivity contribution >= 4 is 55.8 Å². The largest absolute Gasteiger partial charge is 0.486 e. The van der Waals surface area contributed by atoms with Crippen LogP contribution in [0.25, 0.3) is 21.1 Å². The summed E-state index contributed by atoms with van der Waals surface area (Å²) >= 11 is 7.73. The van der Waals surface area contributed by atoms with Crippen molar-refractivity contribution in [1.29, 1.82) is 0 Å². The lowest BCUT2D eigenvalue weighted by Gasteiger charge is -2.24. The summed E-state index contributed by atoms with van der Waals surface area (Å²) in [6.07, 6.45) is 0.184. The van der Waals surface area contributed by atoms with E-state index < -0.39 is 16.8 Å². The highest BCUT2D eigenvalue weighted by Crippen LogP contribution is 2.38. The Bertz CT molecular complexity index is 1730. The van der Waals surface area contributed by atoms with Gasteiger partial charge in [0.1, 0.15) is 17.4 Å². The molecule has 8 heteroatoms. The monoisotopic (exact) mass is 588 g/mol. The van der Waals surface area contributed by atoms with Gasteiger partial charge < -0.3 is 14.4 Å². The van der Waals surface area contributed by atoms with E-state index in [1.54, 1.807) is 25.2 Å². The van der Waals surface area contributed by atoms with Crippen molar-refractivity contribution in [1.82, 2.24) is 9.55 Å². The molecule has 2 aromatic heterocycles. The minimum atomic E-state index is -1.09. The van der Waals surface area contributed by atoms with Crippen LogP contribution < -0.4 is 4.74 Å². The van der Waals surface area contributed by atoms with Crippen LogP contribution in [0.15, 0.2) is 66.7 Å². The van der Waals surface area contributed by atoms with Gasteiger partial charge in [-0.05, 0) is 61.9 Å². The summed E-state index contributed by atoms with van der Waals surface area (Å²) < 4.78 is 9.36. The van der Waals surface area contributed by atoms with Gasteiger partial charge in [0.05, 0.1) is 15.6 Å². The molecule has 41 heavy (non-hydrogen) atoms. The minimum absolute atomic E-state index is 0.0446. The first-order valence-corrected chi connectivity index (χ1v) is 14.7. The van der Waals surface area contributed by atoms with Crippen molar-refractivity contribution in [2.45, 2.75) is 54.2 Å². The molecule has 0 saturated carbocycles. The van der Waals surface area contributed by atoms with Gasteiger partial charge in [0, 0.05) is 45.6 Å². The maximum Gasteiger partial charge on any atom is 0.309 e. The van der Waals surface area contributed by atoms with Crippen LogP contribution in [0.5, 0.6) is 5.75 Å². The van der Waals surface area contributed by atoms with Gasteiger partial charge in [-0.2, -0.15) is 0 Å². The van der Waals surface area contributed by atoms with Crippen LogP contribution in [0.1, 0.15) is 61.2 Å².